The van der Waals surface area contributed by atoms with Gasteiger partial charge in [0.15, 0.2) is 0 Å². The summed E-state index contributed by atoms with van der Waals surface area (Å²) in [6.07, 6.45) is 2.64. The third kappa shape index (κ3) is 3.84. The van der Waals surface area contributed by atoms with Crippen LogP contribution in [0.15, 0.2) is 28.2 Å². The Morgan fingerprint density at radius 1 is 1.43 bits per heavy atom. The fourth-order valence-electron chi connectivity index (χ4n) is 2.36. The molecule has 1 aromatic heterocycles. The predicted molar refractivity (Wildman–Crippen MR) is 93.0 cm³/mol. The highest BCUT2D eigenvalue weighted by atomic mass is 79.9. The summed E-state index contributed by atoms with van der Waals surface area (Å²) in [4.78, 5) is 7.99. The molecule has 0 atom stereocenters. The Balaban J connectivity index is 1.77. The Hall–Kier alpha value is -0.910. The number of thiazole rings is 1. The molecular weight excluding hydrogens is 346 g/mol. The third-order valence-electron chi connectivity index (χ3n) is 3.84. The lowest BCUT2D eigenvalue weighted by Crippen LogP contribution is -2.21. The van der Waals surface area contributed by atoms with Gasteiger partial charge in [0.2, 0.25) is 0 Å². The molecule has 1 heterocycles. The second kappa shape index (κ2) is 6.46. The number of benzene rings is 1. The third-order valence-corrected chi connectivity index (χ3v) is 5.26. The standard InChI is InChI=1S/C16H20BrN3S/c1-11-16(21-10-19-11)9-20(2)15-7-13(17)4-3-12(15)8-18-14-5-6-14/h3-4,7,10,14,18H,5-6,8-9H2,1-2H3. The molecule has 1 aliphatic carbocycles. The lowest BCUT2D eigenvalue weighted by atomic mass is 10.1. The van der Waals surface area contributed by atoms with Gasteiger partial charge in [-0.15, -0.1) is 11.3 Å². The molecule has 112 valence electrons. The lowest BCUT2D eigenvalue weighted by molar-refractivity contribution is 0.685. The van der Waals surface area contributed by atoms with Gasteiger partial charge in [-0.3, -0.25) is 0 Å². The number of halogens is 1. The van der Waals surface area contributed by atoms with Crippen LogP contribution in [0.25, 0.3) is 0 Å². The van der Waals surface area contributed by atoms with E-state index >= 15 is 0 Å². The summed E-state index contributed by atoms with van der Waals surface area (Å²) < 4.78 is 1.13. The number of anilines is 1. The predicted octanol–water partition coefficient (Wildman–Crippen LogP) is 4.10. The molecule has 1 N–H and O–H groups in total. The fraction of sp³-hybridized carbons (Fsp3) is 0.438. The van der Waals surface area contributed by atoms with Gasteiger partial charge in [0.05, 0.1) is 17.7 Å². The number of hydrogen-bond acceptors (Lipinski definition) is 4. The Labute approximate surface area is 138 Å². The molecule has 1 fully saturated rings. The number of aromatic nitrogens is 1. The van der Waals surface area contributed by atoms with Gasteiger partial charge in [-0.2, -0.15) is 0 Å². The van der Waals surface area contributed by atoms with E-state index in [2.05, 4.69) is 63.3 Å². The molecule has 21 heavy (non-hydrogen) atoms. The van der Waals surface area contributed by atoms with Crippen molar-refractivity contribution >= 4 is 33.0 Å². The first-order chi connectivity index (χ1) is 10.1. The lowest BCUT2D eigenvalue weighted by Gasteiger charge is -2.23. The molecule has 0 radical (unpaired) electrons. The SMILES string of the molecule is Cc1ncsc1CN(C)c1cc(Br)ccc1CNC1CC1. The topological polar surface area (TPSA) is 28.2 Å². The smallest absolute Gasteiger partial charge is 0.0798 e. The van der Waals surface area contributed by atoms with Crippen molar-refractivity contribution in [2.45, 2.75) is 38.9 Å². The minimum Gasteiger partial charge on any atom is -0.369 e. The summed E-state index contributed by atoms with van der Waals surface area (Å²) in [6, 6.07) is 7.28. The molecule has 0 amide bonds. The van der Waals surface area contributed by atoms with E-state index < -0.39 is 0 Å². The van der Waals surface area contributed by atoms with Crippen LogP contribution >= 0.6 is 27.3 Å². The van der Waals surface area contributed by atoms with Crippen LogP contribution in [-0.4, -0.2) is 18.1 Å². The van der Waals surface area contributed by atoms with E-state index in [1.807, 2.05) is 5.51 Å². The van der Waals surface area contributed by atoms with E-state index in [1.54, 1.807) is 11.3 Å². The van der Waals surface area contributed by atoms with Crippen LogP contribution in [0.3, 0.4) is 0 Å². The van der Waals surface area contributed by atoms with Crippen LogP contribution in [0.4, 0.5) is 5.69 Å². The van der Waals surface area contributed by atoms with E-state index in [-0.39, 0.29) is 0 Å². The van der Waals surface area contributed by atoms with Crippen LogP contribution in [0, 0.1) is 6.92 Å². The van der Waals surface area contributed by atoms with Gasteiger partial charge in [0.1, 0.15) is 0 Å². The summed E-state index contributed by atoms with van der Waals surface area (Å²) >= 11 is 5.32. The maximum atomic E-state index is 4.34. The maximum Gasteiger partial charge on any atom is 0.0798 e. The maximum absolute atomic E-state index is 4.34. The molecule has 3 rings (SSSR count). The van der Waals surface area contributed by atoms with Crippen molar-refractivity contribution in [3.05, 3.63) is 44.3 Å². The summed E-state index contributed by atoms with van der Waals surface area (Å²) in [5.41, 5.74) is 5.70. The van der Waals surface area contributed by atoms with Gasteiger partial charge in [-0.1, -0.05) is 22.0 Å². The Bertz CT molecular complexity index is 622. The molecule has 1 saturated carbocycles. The van der Waals surface area contributed by atoms with Crippen LogP contribution in [0.2, 0.25) is 0 Å². The number of aryl methyl sites for hydroxylation is 1. The number of rotatable bonds is 6. The molecule has 0 aliphatic heterocycles. The molecular formula is C16H20BrN3S. The van der Waals surface area contributed by atoms with Crippen molar-refractivity contribution < 1.29 is 0 Å². The second-order valence-corrected chi connectivity index (χ2v) is 7.50. The van der Waals surface area contributed by atoms with E-state index in [9.17, 15) is 0 Å². The minimum absolute atomic E-state index is 0.732. The normalized spacial score (nSPS) is 14.4. The van der Waals surface area contributed by atoms with Gasteiger partial charge in [-0.25, -0.2) is 4.98 Å². The minimum atomic E-state index is 0.732. The van der Waals surface area contributed by atoms with Crippen molar-refractivity contribution in [2.75, 3.05) is 11.9 Å². The van der Waals surface area contributed by atoms with Crippen molar-refractivity contribution in [3.8, 4) is 0 Å². The number of hydrogen-bond donors (Lipinski definition) is 1. The molecule has 1 aliphatic rings. The summed E-state index contributed by atoms with van der Waals surface area (Å²) in [7, 11) is 2.15. The Kier molecular flexibility index (Phi) is 4.62. The Morgan fingerprint density at radius 3 is 2.90 bits per heavy atom. The zero-order chi connectivity index (χ0) is 14.8. The second-order valence-electron chi connectivity index (χ2n) is 5.65. The van der Waals surface area contributed by atoms with E-state index in [4.69, 9.17) is 0 Å². The van der Waals surface area contributed by atoms with Crippen LogP contribution in [0.1, 0.15) is 29.0 Å². The quantitative estimate of drug-likeness (QED) is 0.834. The van der Waals surface area contributed by atoms with Gasteiger partial charge in [-0.05, 0) is 37.5 Å². The first-order valence-corrected chi connectivity index (χ1v) is 8.92. The van der Waals surface area contributed by atoms with Gasteiger partial charge < -0.3 is 10.2 Å². The van der Waals surface area contributed by atoms with Gasteiger partial charge in [0, 0.05) is 34.7 Å². The van der Waals surface area contributed by atoms with E-state index in [0.29, 0.717) is 0 Å². The van der Waals surface area contributed by atoms with Crippen LogP contribution in [0.5, 0.6) is 0 Å². The average molecular weight is 366 g/mol. The van der Waals surface area contributed by atoms with Gasteiger partial charge in [0.25, 0.3) is 0 Å². The molecule has 5 heteroatoms. The highest BCUT2D eigenvalue weighted by molar-refractivity contribution is 9.10. The average Bonchev–Trinajstić information content (AvgIpc) is 3.21. The highest BCUT2D eigenvalue weighted by Gasteiger charge is 2.21. The monoisotopic (exact) mass is 365 g/mol. The zero-order valence-corrected chi connectivity index (χ0v) is 14.8. The molecule has 0 unspecified atom stereocenters. The van der Waals surface area contributed by atoms with Crippen molar-refractivity contribution in [2.24, 2.45) is 0 Å². The van der Waals surface area contributed by atoms with Gasteiger partial charge >= 0.3 is 0 Å². The largest absolute Gasteiger partial charge is 0.369 e. The van der Waals surface area contributed by atoms with E-state index in [1.165, 1.54) is 29.0 Å². The van der Waals surface area contributed by atoms with Crippen molar-refractivity contribution in [1.29, 1.82) is 0 Å². The Morgan fingerprint density at radius 2 is 2.24 bits per heavy atom. The first kappa shape index (κ1) is 15.0. The molecule has 1 aromatic carbocycles. The zero-order valence-electron chi connectivity index (χ0n) is 12.4. The summed E-state index contributed by atoms with van der Waals surface area (Å²) in [5, 5.41) is 3.61. The molecule has 0 saturated heterocycles. The van der Waals surface area contributed by atoms with E-state index in [0.717, 1.165) is 29.3 Å². The summed E-state index contributed by atoms with van der Waals surface area (Å²) in [5.74, 6) is 0. The number of nitrogens with zero attached hydrogens (tertiary/aromatic N) is 2. The van der Waals surface area contributed by atoms with Crippen LogP contribution in [-0.2, 0) is 13.1 Å². The number of nitrogens with one attached hydrogen (secondary N) is 1. The molecule has 0 bridgehead atoms. The van der Waals surface area contributed by atoms with Crippen molar-refractivity contribution in [1.82, 2.24) is 10.3 Å². The molecule has 2 aromatic rings. The summed E-state index contributed by atoms with van der Waals surface area (Å²) in [6.45, 7) is 3.93. The fourth-order valence-corrected chi connectivity index (χ4v) is 3.54. The highest BCUT2D eigenvalue weighted by Crippen LogP contribution is 2.28. The van der Waals surface area contributed by atoms with Crippen LogP contribution < -0.4 is 10.2 Å². The van der Waals surface area contributed by atoms with Crippen molar-refractivity contribution in [3.63, 3.8) is 0 Å². The molecule has 3 nitrogen and oxygen atoms in total. The first-order valence-electron chi connectivity index (χ1n) is 7.25. The molecule has 0 spiro atoms.